The monoisotopic (exact) mass is 327 g/mol. The van der Waals surface area contributed by atoms with Crippen molar-refractivity contribution in [3.8, 4) is 11.5 Å². The molecule has 1 atom stereocenters. The summed E-state index contributed by atoms with van der Waals surface area (Å²) in [4.78, 5) is 0. The van der Waals surface area contributed by atoms with Gasteiger partial charge in [0.15, 0.2) is 0 Å². The van der Waals surface area contributed by atoms with E-state index in [-0.39, 0.29) is 0 Å². The smallest absolute Gasteiger partial charge is 0.124 e. The van der Waals surface area contributed by atoms with Gasteiger partial charge in [-0.1, -0.05) is 24.3 Å². The maximum absolute atomic E-state index is 9.52. The van der Waals surface area contributed by atoms with Crippen LogP contribution in [-0.4, -0.2) is 24.9 Å². The Kier molecular flexibility index (Phi) is 5.72. The Balaban J connectivity index is 1.57. The molecule has 1 aliphatic heterocycles. The van der Waals surface area contributed by atoms with Crippen LogP contribution >= 0.6 is 0 Å². The molecule has 24 heavy (non-hydrogen) atoms. The van der Waals surface area contributed by atoms with Gasteiger partial charge in [0.1, 0.15) is 11.5 Å². The van der Waals surface area contributed by atoms with Crippen molar-refractivity contribution in [2.75, 3.05) is 19.8 Å². The zero-order valence-electron chi connectivity index (χ0n) is 14.1. The lowest BCUT2D eigenvalue weighted by atomic mass is 10.1. The van der Waals surface area contributed by atoms with Gasteiger partial charge in [-0.15, -0.1) is 0 Å². The zero-order valence-corrected chi connectivity index (χ0v) is 14.1. The van der Waals surface area contributed by atoms with Gasteiger partial charge in [0.2, 0.25) is 0 Å². The van der Waals surface area contributed by atoms with E-state index in [0.717, 1.165) is 43.1 Å². The predicted octanol–water partition coefficient (Wildman–Crippen LogP) is 3.41. The van der Waals surface area contributed by atoms with Crippen LogP contribution in [-0.2, 0) is 17.8 Å². The summed E-state index contributed by atoms with van der Waals surface area (Å²) in [7, 11) is 0. The van der Waals surface area contributed by atoms with Crippen LogP contribution in [0.4, 0.5) is 0 Å². The summed E-state index contributed by atoms with van der Waals surface area (Å²) in [6.45, 7) is 5.88. The average molecular weight is 327 g/mol. The second-order valence-electron chi connectivity index (χ2n) is 6.43. The maximum atomic E-state index is 9.52. The lowest BCUT2D eigenvalue weighted by Gasteiger charge is -2.15. The molecule has 0 bridgehead atoms. The topological polar surface area (TPSA) is 50.7 Å². The van der Waals surface area contributed by atoms with Gasteiger partial charge in [0.25, 0.3) is 0 Å². The second-order valence-corrected chi connectivity index (χ2v) is 6.43. The minimum Gasteiger partial charge on any atom is -0.508 e. The lowest BCUT2D eigenvalue weighted by molar-refractivity contribution is 0.166. The summed E-state index contributed by atoms with van der Waals surface area (Å²) in [5.74, 6) is 1.75. The van der Waals surface area contributed by atoms with Gasteiger partial charge in [-0.25, -0.2) is 0 Å². The number of phenols is 1. The molecule has 128 valence electrons. The highest BCUT2D eigenvalue weighted by Crippen LogP contribution is 2.23. The summed E-state index contributed by atoms with van der Waals surface area (Å²) in [6.07, 6.45) is 1.08. The summed E-state index contributed by atoms with van der Waals surface area (Å²) >= 11 is 0. The van der Waals surface area contributed by atoms with Gasteiger partial charge >= 0.3 is 0 Å². The van der Waals surface area contributed by atoms with Crippen molar-refractivity contribution < 1.29 is 14.6 Å². The fourth-order valence-corrected chi connectivity index (χ4v) is 2.87. The predicted molar refractivity (Wildman–Crippen MR) is 94.3 cm³/mol. The Morgan fingerprint density at radius 1 is 1.21 bits per heavy atom. The quantitative estimate of drug-likeness (QED) is 0.818. The van der Waals surface area contributed by atoms with Crippen LogP contribution in [0.2, 0.25) is 0 Å². The Labute approximate surface area is 143 Å². The van der Waals surface area contributed by atoms with Crippen LogP contribution in [0, 0.1) is 12.8 Å². The average Bonchev–Trinajstić information content (AvgIpc) is 3.08. The molecule has 0 unspecified atom stereocenters. The third-order valence-electron chi connectivity index (χ3n) is 4.28. The number of aromatic hydroxyl groups is 1. The number of hydrogen-bond donors (Lipinski definition) is 2. The largest absolute Gasteiger partial charge is 0.508 e. The number of rotatable bonds is 7. The van der Waals surface area contributed by atoms with E-state index >= 15 is 0 Å². The molecule has 0 amide bonds. The van der Waals surface area contributed by atoms with E-state index in [1.165, 1.54) is 5.56 Å². The molecule has 0 spiro atoms. The number of ether oxygens (including phenoxy) is 2. The first-order valence-corrected chi connectivity index (χ1v) is 8.49. The van der Waals surface area contributed by atoms with Crippen molar-refractivity contribution >= 4 is 0 Å². The number of aryl methyl sites for hydroxylation is 1. The molecule has 0 saturated carbocycles. The van der Waals surface area contributed by atoms with E-state index < -0.39 is 0 Å². The van der Waals surface area contributed by atoms with Crippen LogP contribution in [0.1, 0.15) is 23.1 Å². The molecule has 0 aliphatic carbocycles. The van der Waals surface area contributed by atoms with E-state index in [1.807, 2.05) is 12.1 Å². The van der Waals surface area contributed by atoms with E-state index in [9.17, 15) is 5.11 Å². The molecule has 0 radical (unpaired) electrons. The SMILES string of the molecule is Cc1ccc(CNCc2cccc(O)c2)c(OC[C@H]2CCOC2)c1. The van der Waals surface area contributed by atoms with Gasteiger partial charge in [-0.2, -0.15) is 0 Å². The van der Waals surface area contributed by atoms with Crippen molar-refractivity contribution in [1.29, 1.82) is 0 Å². The highest BCUT2D eigenvalue weighted by atomic mass is 16.5. The third kappa shape index (κ3) is 4.73. The Hall–Kier alpha value is -2.04. The van der Waals surface area contributed by atoms with Crippen molar-refractivity contribution in [2.24, 2.45) is 5.92 Å². The van der Waals surface area contributed by atoms with Crippen LogP contribution in [0.3, 0.4) is 0 Å². The molecular formula is C20H25NO3. The third-order valence-corrected chi connectivity index (χ3v) is 4.28. The molecule has 1 heterocycles. The van der Waals surface area contributed by atoms with Crippen LogP contribution in [0.25, 0.3) is 0 Å². The molecule has 1 aliphatic rings. The van der Waals surface area contributed by atoms with Gasteiger partial charge < -0.3 is 19.9 Å². The number of benzene rings is 2. The van der Waals surface area contributed by atoms with Gasteiger partial charge in [-0.3, -0.25) is 0 Å². The van der Waals surface area contributed by atoms with Crippen molar-refractivity contribution in [1.82, 2.24) is 5.32 Å². The van der Waals surface area contributed by atoms with Crippen LogP contribution < -0.4 is 10.1 Å². The summed E-state index contributed by atoms with van der Waals surface area (Å²) < 4.78 is 11.5. The molecule has 1 saturated heterocycles. The Morgan fingerprint density at radius 3 is 2.92 bits per heavy atom. The molecule has 0 aromatic heterocycles. The molecular weight excluding hydrogens is 302 g/mol. The first kappa shape index (κ1) is 16.8. The fraction of sp³-hybridized carbons (Fsp3) is 0.400. The minimum absolute atomic E-state index is 0.299. The Bertz CT molecular complexity index is 666. The number of phenolic OH excluding ortho intramolecular Hbond substituents is 1. The van der Waals surface area contributed by atoms with Gasteiger partial charge in [0.05, 0.1) is 13.2 Å². The Morgan fingerprint density at radius 2 is 2.12 bits per heavy atom. The second kappa shape index (κ2) is 8.18. The highest BCUT2D eigenvalue weighted by Gasteiger charge is 2.17. The summed E-state index contributed by atoms with van der Waals surface area (Å²) in [6, 6.07) is 13.6. The number of hydrogen-bond acceptors (Lipinski definition) is 4. The minimum atomic E-state index is 0.299. The zero-order chi connectivity index (χ0) is 16.8. The van der Waals surface area contributed by atoms with Gasteiger partial charge in [-0.05, 0) is 42.7 Å². The van der Waals surface area contributed by atoms with E-state index in [1.54, 1.807) is 12.1 Å². The van der Waals surface area contributed by atoms with Crippen LogP contribution in [0.5, 0.6) is 11.5 Å². The van der Waals surface area contributed by atoms with Gasteiger partial charge in [0, 0.05) is 31.2 Å². The lowest BCUT2D eigenvalue weighted by Crippen LogP contribution is -2.16. The molecule has 4 nitrogen and oxygen atoms in total. The molecule has 2 N–H and O–H groups in total. The van der Waals surface area contributed by atoms with E-state index in [0.29, 0.717) is 24.8 Å². The molecule has 2 aromatic carbocycles. The highest BCUT2D eigenvalue weighted by molar-refractivity contribution is 5.37. The van der Waals surface area contributed by atoms with Crippen molar-refractivity contribution in [3.63, 3.8) is 0 Å². The molecule has 3 rings (SSSR count). The standard InChI is InChI=1S/C20H25NO3/c1-15-5-6-18(12-21-11-16-3-2-4-19(22)10-16)20(9-15)24-14-17-7-8-23-13-17/h2-6,9-10,17,21-22H,7-8,11-14H2,1H3/t17-/m0/s1. The van der Waals surface area contributed by atoms with Crippen molar-refractivity contribution in [2.45, 2.75) is 26.4 Å². The first-order valence-electron chi connectivity index (χ1n) is 8.49. The van der Waals surface area contributed by atoms with Crippen LogP contribution in [0.15, 0.2) is 42.5 Å². The summed E-state index contributed by atoms with van der Waals surface area (Å²) in [5.41, 5.74) is 3.41. The summed E-state index contributed by atoms with van der Waals surface area (Å²) in [5, 5.41) is 12.9. The van der Waals surface area contributed by atoms with Crippen molar-refractivity contribution in [3.05, 3.63) is 59.2 Å². The molecule has 4 heteroatoms. The first-order chi connectivity index (χ1) is 11.7. The van der Waals surface area contributed by atoms with E-state index in [4.69, 9.17) is 9.47 Å². The molecule has 2 aromatic rings. The normalized spacial score (nSPS) is 17.1. The molecule has 1 fully saturated rings. The fourth-order valence-electron chi connectivity index (χ4n) is 2.87. The number of nitrogens with one attached hydrogen (secondary N) is 1. The van der Waals surface area contributed by atoms with E-state index in [2.05, 4.69) is 30.4 Å². The maximum Gasteiger partial charge on any atom is 0.124 e.